The molecule has 58 heavy (non-hydrogen) atoms. The summed E-state index contributed by atoms with van der Waals surface area (Å²) >= 11 is 3.63. The van der Waals surface area contributed by atoms with Gasteiger partial charge in [0.15, 0.2) is 17.5 Å². The Morgan fingerprint density at radius 1 is 0.293 bits per heavy atom. The molecule has 0 N–H and O–H groups in total. The molecule has 0 aliphatic carbocycles. The summed E-state index contributed by atoms with van der Waals surface area (Å²) < 4.78 is 4.98. The largest absolute Gasteiger partial charge is 0.247 e. The Kier molecular flexibility index (Phi) is 7.55. The van der Waals surface area contributed by atoms with Gasteiger partial charge in [-0.2, -0.15) is 0 Å². The average molecular weight is 775 g/mol. The molecule has 6 heteroatoms. The minimum atomic E-state index is 0.619. The molecule has 4 aromatic heterocycles. The van der Waals surface area contributed by atoms with Crippen LogP contribution in [-0.4, -0.2) is 19.9 Å². The fraction of sp³-hybridized carbons (Fsp3) is 0. The second kappa shape index (κ2) is 13.2. The highest BCUT2D eigenvalue weighted by atomic mass is 32.1. The molecule has 0 bridgehead atoms. The molecule has 0 fully saturated rings. The third kappa shape index (κ3) is 5.34. The zero-order chi connectivity index (χ0) is 38.2. The zero-order valence-electron chi connectivity index (χ0n) is 30.9. The summed E-state index contributed by atoms with van der Waals surface area (Å²) in [4.78, 5) is 21.2. The van der Waals surface area contributed by atoms with Crippen molar-refractivity contribution in [2.24, 2.45) is 0 Å². The van der Waals surface area contributed by atoms with Gasteiger partial charge < -0.3 is 0 Å². The fourth-order valence-corrected chi connectivity index (χ4v) is 10.7. The van der Waals surface area contributed by atoms with E-state index in [4.69, 9.17) is 19.9 Å². The lowest BCUT2D eigenvalue weighted by Gasteiger charge is -2.14. The fourth-order valence-electron chi connectivity index (χ4n) is 8.42. The van der Waals surface area contributed by atoms with Crippen LogP contribution in [0.2, 0.25) is 0 Å². The van der Waals surface area contributed by atoms with Crippen LogP contribution >= 0.6 is 22.7 Å². The second-order valence-electron chi connectivity index (χ2n) is 14.5. The highest BCUT2D eigenvalue weighted by molar-refractivity contribution is 7.26. The standard InChI is InChI=1S/C52H30N4S2/c1-3-12-31(13-4-1)32-22-24-34(25-23-32)50-54-51(56-52(55-50)39-18-11-21-44-46(39)36-16-7-9-19-42(36)57-44)35-26-28-41-40(30-35)47-38(49(53-41)33-14-5-2-6-15-33)27-29-45-48(47)37-17-8-10-20-43(37)58-45/h1-30H. The molecule has 12 rings (SSSR count). The number of thiophene rings is 2. The van der Waals surface area contributed by atoms with E-state index < -0.39 is 0 Å². The van der Waals surface area contributed by atoms with Gasteiger partial charge in [-0.05, 0) is 53.6 Å². The van der Waals surface area contributed by atoms with Gasteiger partial charge in [-0.25, -0.2) is 19.9 Å². The van der Waals surface area contributed by atoms with Gasteiger partial charge in [0.25, 0.3) is 0 Å². The molecular formula is C52H30N4S2. The lowest BCUT2D eigenvalue weighted by atomic mass is 9.95. The van der Waals surface area contributed by atoms with E-state index in [1.165, 1.54) is 51.3 Å². The van der Waals surface area contributed by atoms with Crippen molar-refractivity contribution in [3.63, 3.8) is 0 Å². The highest BCUT2D eigenvalue weighted by Gasteiger charge is 2.20. The van der Waals surface area contributed by atoms with Crippen LogP contribution in [0, 0.1) is 0 Å². The SMILES string of the molecule is c1ccc(-c2ccc(-c3nc(-c4ccc5nc(-c6ccccc6)c6ccc7sc8ccccc8c7c6c5c4)nc(-c4cccc5sc6ccccc6c45)n3)cc2)cc1. The van der Waals surface area contributed by atoms with E-state index in [1.807, 2.05) is 17.4 Å². The van der Waals surface area contributed by atoms with E-state index in [0.717, 1.165) is 49.8 Å². The minimum absolute atomic E-state index is 0.619. The smallest absolute Gasteiger partial charge is 0.164 e. The molecule has 4 nitrogen and oxygen atoms in total. The molecule has 0 saturated heterocycles. The van der Waals surface area contributed by atoms with Gasteiger partial charge in [0, 0.05) is 78.8 Å². The third-order valence-corrected chi connectivity index (χ3v) is 13.4. The van der Waals surface area contributed by atoms with Crippen LogP contribution in [0.4, 0.5) is 0 Å². The third-order valence-electron chi connectivity index (χ3n) is 11.1. The van der Waals surface area contributed by atoms with Crippen LogP contribution in [0.1, 0.15) is 0 Å². The normalized spacial score (nSPS) is 11.8. The first-order valence-corrected chi connectivity index (χ1v) is 20.9. The Bertz CT molecular complexity index is 3560. The first-order valence-electron chi connectivity index (χ1n) is 19.3. The Morgan fingerprint density at radius 2 is 0.845 bits per heavy atom. The molecule has 0 amide bonds. The van der Waals surface area contributed by atoms with Gasteiger partial charge in [-0.3, -0.25) is 0 Å². The first kappa shape index (κ1) is 33.1. The van der Waals surface area contributed by atoms with E-state index in [-0.39, 0.29) is 0 Å². The average Bonchev–Trinajstić information content (AvgIpc) is 3.88. The molecule has 4 heterocycles. The van der Waals surface area contributed by atoms with Gasteiger partial charge in [-0.15, -0.1) is 22.7 Å². The Morgan fingerprint density at radius 3 is 1.59 bits per heavy atom. The number of aromatic nitrogens is 4. The number of hydrogen-bond donors (Lipinski definition) is 0. The molecule has 0 unspecified atom stereocenters. The molecule has 0 atom stereocenters. The van der Waals surface area contributed by atoms with Crippen molar-refractivity contribution >= 4 is 84.7 Å². The number of rotatable bonds is 5. The summed E-state index contributed by atoms with van der Waals surface area (Å²) in [7, 11) is 0. The van der Waals surface area contributed by atoms with E-state index in [9.17, 15) is 0 Å². The zero-order valence-corrected chi connectivity index (χ0v) is 32.6. The van der Waals surface area contributed by atoms with Crippen molar-refractivity contribution < 1.29 is 0 Å². The van der Waals surface area contributed by atoms with Gasteiger partial charge in [0.1, 0.15) is 0 Å². The number of hydrogen-bond acceptors (Lipinski definition) is 6. The maximum atomic E-state index is 5.35. The van der Waals surface area contributed by atoms with E-state index >= 15 is 0 Å². The van der Waals surface area contributed by atoms with Crippen LogP contribution in [0.25, 0.3) is 119 Å². The molecule has 270 valence electrons. The highest BCUT2D eigenvalue weighted by Crippen LogP contribution is 2.45. The van der Waals surface area contributed by atoms with Crippen molar-refractivity contribution in [3.05, 3.63) is 182 Å². The van der Waals surface area contributed by atoms with Gasteiger partial charge >= 0.3 is 0 Å². The van der Waals surface area contributed by atoms with Crippen LogP contribution in [0.5, 0.6) is 0 Å². The topological polar surface area (TPSA) is 51.6 Å². The summed E-state index contributed by atoms with van der Waals surface area (Å²) in [6, 6.07) is 64.3. The molecule has 0 spiro atoms. The number of nitrogens with zero attached hydrogens (tertiary/aromatic N) is 4. The molecule has 0 aliphatic rings. The predicted molar refractivity (Wildman–Crippen MR) is 246 cm³/mol. The summed E-state index contributed by atoms with van der Waals surface area (Å²) in [6.07, 6.45) is 0. The number of fused-ring (bicyclic) bond motifs is 10. The molecular weight excluding hydrogens is 745 g/mol. The van der Waals surface area contributed by atoms with Gasteiger partial charge in [0.2, 0.25) is 0 Å². The van der Waals surface area contributed by atoms with Crippen LogP contribution < -0.4 is 0 Å². The summed E-state index contributed by atoms with van der Waals surface area (Å²) in [6.45, 7) is 0. The van der Waals surface area contributed by atoms with Crippen LogP contribution in [0.15, 0.2) is 182 Å². The van der Waals surface area contributed by atoms with Crippen LogP contribution in [0.3, 0.4) is 0 Å². The minimum Gasteiger partial charge on any atom is -0.247 e. The van der Waals surface area contributed by atoms with E-state index in [1.54, 1.807) is 11.3 Å². The first-order chi connectivity index (χ1) is 28.7. The Balaban J connectivity index is 1.12. The molecule has 0 aliphatic heterocycles. The Labute approximate surface area is 341 Å². The summed E-state index contributed by atoms with van der Waals surface area (Å²) in [5, 5.41) is 8.27. The van der Waals surface area contributed by atoms with Crippen molar-refractivity contribution in [1.29, 1.82) is 0 Å². The molecule has 8 aromatic carbocycles. The second-order valence-corrected chi connectivity index (χ2v) is 16.7. The van der Waals surface area contributed by atoms with Crippen molar-refractivity contribution in [3.8, 4) is 56.5 Å². The predicted octanol–water partition coefficient (Wildman–Crippen LogP) is 14.6. The molecule has 0 saturated carbocycles. The molecule has 0 radical (unpaired) electrons. The maximum Gasteiger partial charge on any atom is 0.164 e. The van der Waals surface area contributed by atoms with Crippen molar-refractivity contribution in [1.82, 2.24) is 19.9 Å². The van der Waals surface area contributed by atoms with E-state index in [2.05, 4.69) is 176 Å². The van der Waals surface area contributed by atoms with Crippen molar-refractivity contribution in [2.75, 3.05) is 0 Å². The summed E-state index contributed by atoms with van der Waals surface area (Å²) in [5.41, 5.74) is 8.15. The lowest BCUT2D eigenvalue weighted by molar-refractivity contribution is 1.08. The monoisotopic (exact) mass is 774 g/mol. The van der Waals surface area contributed by atoms with E-state index in [0.29, 0.717) is 17.5 Å². The molecule has 12 aromatic rings. The number of pyridine rings is 1. The van der Waals surface area contributed by atoms with Crippen LogP contribution in [-0.2, 0) is 0 Å². The van der Waals surface area contributed by atoms with Gasteiger partial charge in [-0.1, -0.05) is 140 Å². The van der Waals surface area contributed by atoms with Crippen molar-refractivity contribution in [2.45, 2.75) is 0 Å². The summed E-state index contributed by atoms with van der Waals surface area (Å²) in [5.74, 6) is 1.90. The Hall–Kier alpha value is -7.12. The quantitative estimate of drug-likeness (QED) is 0.163. The van der Waals surface area contributed by atoms with Gasteiger partial charge in [0.05, 0.1) is 11.2 Å². The maximum absolute atomic E-state index is 5.35. The lowest BCUT2D eigenvalue weighted by Crippen LogP contribution is -2.01. The number of benzene rings is 8.